The van der Waals surface area contributed by atoms with Crippen molar-refractivity contribution in [2.75, 3.05) is 6.54 Å². The van der Waals surface area contributed by atoms with E-state index in [1.54, 1.807) is 5.51 Å². The van der Waals surface area contributed by atoms with Gasteiger partial charge in [-0.15, -0.1) is 11.3 Å². The molecule has 0 aliphatic heterocycles. The van der Waals surface area contributed by atoms with Gasteiger partial charge in [0.25, 0.3) is 0 Å². The Hall–Kier alpha value is -2.05. The number of nitrogens with zero attached hydrogens (tertiary/aromatic N) is 1. The number of aromatic nitrogens is 1. The molecular formula is C22H31N3O2S. The van der Waals surface area contributed by atoms with Crippen LogP contribution in [0.2, 0.25) is 0 Å². The van der Waals surface area contributed by atoms with Crippen molar-refractivity contribution in [2.45, 2.75) is 59.0 Å². The number of nitrogens with one attached hydrogen (secondary N) is 2. The molecule has 1 aromatic heterocycles. The van der Waals surface area contributed by atoms with Gasteiger partial charge in [0.05, 0.1) is 23.3 Å². The van der Waals surface area contributed by atoms with Gasteiger partial charge in [-0.25, -0.2) is 4.98 Å². The summed E-state index contributed by atoms with van der Waals surface area (Å²) in [4.78, 5) is 29.4. The molecule has 0 aliphatic rings. The van der Waals surface area contributed by atoms with Gasteiger partial charge >= 0.3 is 0 Å². The quantitative estimate of drug-likeness (QED) is 0.606. The van der Waals surface area contributed by atoms with E-state index in [0.29, 0.717) is 18.8 Å². The number of Topliss-reactive ketones (excluding diaryl/α,β-unsaturated/α-hetero) is 1. The molecule has 0 radical (unpaired) electrons. The smallest absolute Gasteiger partial charge is 0.238 e. The van der Waals surface area contributed by atoms with E-state index < -0.39 is 12.1 Å². The summed E-state index contributed by atoms with van der Waals surface area (Å²) in [6, 6.07) is 7.12. The Bertz CT molecular complexity index is 742. The van der Waals surface area contributed by atoms with E-state index in [2.05, 4.69) is 29.5 Å². The van der Waals surface area contributed by atoms with Crippen LogP contribution in [0.4, 0.5) is 0 Å². The number of benzene rings is 1. The van der Waals surface area contributed by atoms with Gasteiger partial charge in [-0.2, -0.15) is 0 Å². The number of hydrogen-bond acceptors (Lipinski definition) is 5. The molecule has 1 aromatic carbocycles. The second-order valence-corrected chi connectivity index (χ2v) is 8.45. The van der Waals surface area contributed by atoms with Gasteiger partial charge in [0.1, 0.15) is 0 Å². The van der Waals surface area contributed by atoms with Crippen LogP contribution in [0.1, 0.15) is 44.0 Å². The SMILES string of the molecule is CC(=O)C(Cc1ccc(C)cc1)NC(=O)[C@H](Cc1cscn1)NCCC(C)C. The van der Waals surface area contributed by atoms with Crippen LogP contribution in [0.25, 0.3) is 0 Å². The standard InChI is InChI=1S/C22H31N3O2S/c1-15(2)9-10-23-21(12-19-13-28-14-24-19)22(27)25-20(17(4)26)11-18-7-5-16(3)6-8-18/h5-8,13-15,20-21,23H,9-12H2,1-4H3,(H,25,27)/t20?,21-/m0/s1. The van der Waals surface area contributed by atoms with Gasteiger partial charge in [-0.05, 0) is 44.7 Å². The Labute approximate surface area is 172 Å². The molecule has 0 fully saturated rings. The van der Waals surface area contributed by atoms with Gasteiger partial charge in [-0.1, -0.05) is 43.7 Å². The summed E-state index contributed by atoms with van der Waals surface area (Å²) in [5.74, 6) is 0.370. The fourth-order valence-corrected chi connectivity index (χ4v) is 3.45. The fraction of sp³-hybridized carbons (Fsp3) is 0.500. The molecule has 1 amide bonds. The Morgan fingerprint density at radius 3 is 2.39 bits per heavy atom. The van der Waals surface area contributed by atoms with Crippen LogP contribution in [0, 0.1) is 12.8 Å². The van der Waals surface area contributed by atoms with Gasteiger partial charge < -0.3 is 10.6 Å². The summed E-state index contributed by atoms with van der Waals surface area (Å²) in [5.41, 5.74) is 4.87. The fourth-order valence-electron chi connectivity index (χ4n) is 2.88. The predicted molar refractivity (Wildman–Crippen MR) is 115 cm³/mol. The molecule has 152 valence electrons. The predicted octanol–water partition coefficient (Wildman–Crippen LogP) is 3.31. The van der Waals surface area contributed by atoms with E-state index in [-0.39, 0.29) is 11.7 Å². The molecule has 0 aliphatic carbocycles. The molecule has 28 heavy (non-hydrogen) atoms. The van der Waals surface area contributed by atoms with Crippen LogP contribution in [0.15, 0.2) is 35.2 Å². The van der Waals surface area contributed by atoms with Gasteiger partial charge in [0.2, 0.25) is 5.91 Å². The lowest BCUT2D eigenvalue weighted by atomic mass is 10.0. The highest BCUT2D eigenvalue weighted by Crippen LogP contribution is 2.09. The van der Waals surface area contributed by atoms with Crippen LogP contribution in [-0.2, 0) is 22.4 Å². The minimum absolute atomic E-state index is 0.0384. The first kappa shape index (κ1) is 22.2. The second-order valence-electron chi connectivity index (χ2n) is 7.73. The highest BCUT2D eigenvalue weighted by molar-refractivity contribution is 7.07. The minimum Gasteiger partial charge on any atom is -0.345 e. The van der Waals surface area contributed by atoms with Crippen LogP contribution in [0.5, 0.6) is 0 Å². The van der Waals surface area contributed by atoms with Crippen LogP contribution < -0.4 is 10.6 Å². The van der Waals surface area contributed by atoms with Crippen molar-refractivity contribution in [3.05, 3.63) is 52.0 Å². The lowest BCUT2D eigenvalue weighted by Gasteiger charge is -2.22. The molecular weight excluding hydrogens is 370 g/mol. The second kappa shape index (κ2) is 11.1. The Morgan fingerprint density at radius 1 is 1.11 bits per heavy atom. The van der Waals surface area contributed by atoms with Crippen molar-refractivity contribution in [3.63, 3.8) is 0 Å². The Balaban J connectivity index is 2.04. The number of ketones is 1. The van der Waals surface area contributed by atoms with Gasteiger partial charge in [0, 0.05) is 11.8 Å². The van der Waals surface area contributed by atoms with Gasteiger partial charge in [-0.3, -0.25) is 9.59 Å². The molecule has 0 bridgehead atoms. The molecule has 0 spiro atoms. The van der Waals surface area contributed by atoms with E-state index in [1.807, 2.05) is 36.6 Å². The summed E-state index contributed by atoms with van der Waals surface area (Å²) in [6.45, 7) is 8.62. The molecule has 5 nitrogen and oxygen atoms in total. The first-order valence-electron chi connectivity index (χ1n) is 9.82. The van der Waals surface area contributed by atoms with Crippen LogP contribution in [-0.4, -0.2) is 35.3 Å². The van der Waals surface area contributed by atoms with E-state index in [0.717, 1.165) is 24.2 Å². The molecule has 1 heterocycles. The third-order valence-electron chi connectivity index (χ3n) is 4.69. The molecule has 2 atom stereocenters. The average Bonchev–Trinajstić information content (AvgIpc) is 3.14. The highest BCUT2D eigenvalue weighted by Gasteiger charge is 2.24. The third kappa shape index (κ3) is 7.52. The van der Waals surface area contributed by atoms with Crippen molar-refractivity contribution in [1.82, 2.24) is 15.6 Å². The molecule has 2 aromatic rings. The average molecular weight is 402 g/mol. The van der Waals surface area contributed by atoms with Gasteiger partial charge in [0.15, 0.2) is 5.78 Å². The maximum absolute atomic E-state index is 13.0. The highest BCUT2D eigenvalue weighted by atomic mass is 32.1. The first-order chi connectivity index (χ1) is 13.3. The summed E-state index contributed by atoms with van der Waals surface area (Å²) in [5, 5.41) is 8.26. The van der Waals surface area contributed by atoms with Crippen molar-refractivity contribution >= 4 is 23.0 Å². The summed E-state index contributed by atoms with van der Waals surface area (Å²) in [7, 11) is 0. The van der Waals surface area contributed by atoms with E-state index in [1.165, 1.54) is 23.8 Å². The molecule has 2 N–H and O–H groups in total. The van der Waals surface area contributed by atoms with Crippen LogP contribution in [0.3, 0.4) is 0 Å². The third-order valence-corrected chi connectivity index (χ3v) is 5.33. The summed E-state index contributed by atoms with van der Waals surface area (Å²) < 4.78 is 0. The summed E-state index contributed by atoms with van der Waals surface area (Å²) >= 11 is 1.52. The van der Waals surface area contributed by atoms with Crippen molar-refractivity contribution < 1.29 is 9.59 Å². The number of rotatable bonds is 11. The summed E-state index contributed by atoms with van der Waals surface area (Å²) in [6.07, 6.45) is 2.00. The zero-order valence-electron chi connectivity index (χ0n) is 17.2. The number of hydrogen-bond donors (Lipinski definition) is 2. The monoisotopic (exact) mass is 401 g/mol. The molecule has 0 saturated carbocycles. The maximum Gasteiger partial charge on any atom is 0.238 e. The number of thiazole rings is 1. The van der Waals surface area contributed by atoms with Crippen LogP contribution >= 0.6 is 11.3 Å². The topological polar surface area (TPSA) is 71.1 Å². The zero-order chi connectivity index (χ0) is 20.5. The van der Waals surface area contributed by atoms with E-state index in [9.17, 15) is 9.59 Å². The number of carbonyl (C=O) groups excluding carboxylic acids is 2. The molecule has 2 rings (SSSR count). The zero-order valence-corrected chi connectivity index (χ0v) is 18.0. The lowest BCUT2D eigenvalue weighted by molar-refractivity contribution is -0.128. The normalized spacial score (nSPS) is 13.3. The lowest BCUT2D eigenvalue weighted by Crippen LogP contribution is -2.51. The molecule has 0 saturated heterocycles. The minimum atomic E-state index is -0.528. The number of aryl methyl sites for hydroxylation is 1. The molecule has 1 unspecified atom stereocenters. The Kier molecular flexibility index (Phi) is 8.80. The van der Waals surface area contributed by atoms with E-state index >= 15 is 0 Å². The maximum atomic E-state index is 13.0. The van der Waals surface area contributed by atoms with Crippen molar-refractivity contribution in [3.8, 4) is 0 Å². The Morgan fingerprint density at radius 2 is 1.82 bits per heavy atom. The first-order valence-corrected chi connectivity index (χ1v) is 10.8. The largest absolute Gasteiger partial charge is 0.345 e. The van der Waals surface area contributed by atoms with Crippen molar-refractivity contribution in [1.29, 1.82) is 0 Å². The van der Waals surface area contributed by atoms with Crippen molar-refractivity contribution in [2.24, 2.45) is 5.92 Å². The number of amides is 1. The van der Waals surface area contributed by atoms with E-state index in [4.69, 9.17) is 0 Å². The molecule has 6 heteroatoms. The number of carbonyl (C=O) groups is 2.